The Balaban J connectivity index is 1.09. The Morgan fingerprint density at radius 2 is 1.79 bits per heavy atom. The first-order chi connectivity index (χ1) is 14.2. The Hall–Kier alpha value is -2.58. The van der Waals surface area contributed by atoms with E-state index in [9.17, 15) is 9.59 Å². The fraction of sp³-hybridized carbons (Fsp3) is 0.429. The number of benzene rings is 1. The lowest BCUT2D eigenvalue weighted by Crippen LogP contribution is -2.58. The van der Waals surface area contributed by atoms with E-state index in [1.165, 1.54) is 16.9 Å². The summed E-state index contributed by atoms with van der Waals surface area (Å²) in [5, 5.41) is 1.90. The summed E-state index contributed by atoms with van der Waals surface area (Å²) in [6.07, 6.45) is 0. The van der Waals surface area contributed by atoms with E-state index in [2.05, 4.69) is 11.0 Å². The molecule has 29 heavy (non-hydrogen) atoms. The number of hydrogen-bond donors (Lipinski definition) is 0. The van der Waals surface area contributed by atoms with Crippen molar-refractivity contribution < 1.29 is 19.1 Å². The van der Waals surface area contributed by atoms with Gasteiger partial charge in [-0.25, -0.2) is 0 Å². The van der Waals surface area contributed by atoms with Crippen LogP contribution in [0, 0.1) is 5.92 Å². The second-order valence-electron chi connectivity index (χ2n) is 7.67. The summed E-state index contributed by atoms with van der Waals surface area (Å²) < 4.78 is 10.8. The van der Waals surface area contributed by atoms with Crippen molar-refractivity contribution in [2.24, 2.45) is 5.92 Å². The Labute approximate surface area is 173 Å². The van der Waals surface area contributed by atoms with Gasteiger partial charge in [0, 0.05) is 45.8 Å². The van der Waals surface area contributed by atoms with E-state index in [0.29, 0.717) is 13.1 Å². The van der Waals surface area contributed by atoms with E-state index in [4.69, 9.17) is 9.47 Å². The van der Waals surface area contributed by atoms with Gasteiger partial charge >= 0.3 is 0 Å². The van der Waals surface area contributed by atoms with Crippen LogP contribution in [0.4, 0.5) is 0 Å². The largest absolute Gasteiger partial charge is 0.454 e. The van der Waals surface area contributed by atoms with Crippen LogP contribution in [0.5, 0.6) is 11.5 Å². The summed E-state index contributed by atoms with van der Waals surface area (Å²) in [6.45, 7) is 5.37. The minimum atomic E-state index is -0.0562. The normalized spacial score (nSPS) is 19.3. The standard InChI is InChI=1S/C21H23N3O4S/c25-20(16-12-24(13-16)21(26)19-2-1-9-29-19)23-7-5-22(6-8-23)11-15-3-4-17-18(10-15)28-14-27-17/h1-4,9-10,16H,5-8,11-14H2. The fourth-order valence-corrected chi connectivity index (χ4v) is 4.73. The second-order valence-corrected chi connectivity index (χ2v) is 8.62. The number of likely N-dealkylation sites (tertiary alicyclic amines) is 1. The molecule has 3 aliphatic heterocycles. The maximum absolute atomic E-state index is 12.8. The van der Waals surface area contributed by atoms with E-state index in [-0.39, 0.29) is 24.5 Å². The molecule has 0 spiro atoms. The first-order valence-corrected chi connectivity index (χ1v) is 10.8. The van der Waals surface area contributed by atoms with Gasteiger partial charge < -0.3 is 19.3 Å². The molecule has 2 saturated heterocycles. The minimum Gasteiger partial charge on any atom is -0.454 e. The van der Waals surface area contributed by atoms with Gasteiger partial charge in [0.05, 0.1) is 10.8 Å². The van der Waals surface area contributed by atoms with Crippen molar-refractivity contribution in [3.63, 3.8) is 0 Å². The molecular weight excluding hydrogens is 390 g/mol. The predicted molar refractivity (Wildman–Crippen MR) is 108 cm³/mol. The van der Waals surface area contributed by atoms with Crippen LogP contribution < -0.4 is 9.47 Å². The van der Waals surface area contributed by atoms with Crippen molar-refractivity contribution in [3.8, 4) is 11.5 Å². The number of fused-ring (bicyclic) bond motifs is 1. The van der Waals surface area contributed by atoms with Crippen LogP contribution in [-0.2, 0) is 11.3 Å². The quantitative estimate of drug-likeness (QED) is 0.766. The smallest absolute Gasteiger partial charge is 0.263 e. The Kier molecular flexibility index (Phi) is 4.89. The highest BCUT2D eigenvalue weighted by Crippen LogP contribution is 2.33. The summed E-state index contributed by atoms with van der Waals surface area (Å²) >= 11 is 1.45. The SMILES string of the molecule is O=C(c1cccs1)N1CC(C(=O)N2CCN(Cc3ccc4c(c3)OCO4)CC2)C1. The first kappa shape index (κ1) is 18.4. The van der Waals surface area contributed by atoms with Crippen molar-refractivity contribution in [1.82, 2.24) is 14.7 Å². The molecule has 5 rings (SSSR count). The lowest BCUT2D eigenvalue weighted by Gasteiger charge is -2.42. The van der Waals surface area contributed by atoms with E-state index >= 15 is 0 Å². The van der Waals surface area contributed by atoms with Crippen molar-refractivity contribution >= 4 is 23.2 Å². The fourth-order valence-electron chi connectivity index (χ4n) is 4.04. The maximum Gasteiger partial charge on any atom is 0.263 e. The number of piperazine rings is 1. The zero-order valence-corrected chi connectivity index (χ0v) is 16.9. The second kappa shape index (κ2) is 7.68. The van der Waals surface area contributed by atoms with E-state index in [0.717, 1.165) is 49.1 Å². The average molecular weight is 413 g/mol. The van der Waals surface area contributed by atoms with Gasteiger partial charge in [-0.1, -0.05) is 12.1 Å². The third-order valence-corrected chi connectivity index (χ3v) is 6.63. The molecule has 4 heterocycles. The van der Waals surface area contributed by atoms with Gasteiger partial charge in [0.15, 0.2) is 11.5 Å². The highest BCUT2D eigenvalue weighted by Gasteiger charge is 2.39. The molecule has 152 valence electrons. The van der Waals surface area contributed by atoms with Crippen LogP contribution >= 0.6 is 11.3 Å². The van der Waals surface area contributed by atoms with Gasteiger partial charge in [0.25, 0.3) is 5.91 Å². The third-order valence-electron chi connectivity index (χ3n) is 5.78. The molecule has 1 aromatic carbocycles. The average Bonchev–Trinajstić information content (AvgIpc) is 3.39. The highest BCUT2D eigenvalue weighted by molar-refractivity contribution is 7.12. The van der Waals surface area contributed by atoms with Gasteiger partial charge in [-0.05, 0) is 29.1 Å². The molecule has 7 nitrogen and oxygen atoms in total. The van der Waals surface area contributed by atoms with Gasteiger partial charge in [0.2, 0.25) is 12.7 Å². The van der Waals surface area contributed by atoms with Crippen LogP contribution in [0.15, 0.2) is 35.7 Å². The summed E-state index contributed by atoms with van der Waals surface area (Å²) in [7, 11) is 0. The van der Waals surface area contributed by atoms with Crippen LogP contribution in [0.2, 0.25) is 0 Å². The summed E-state index contributed by atoms with van der Waals surface area (Å²) in [5.41, 5.74) is 1.19. The summed E-state index contributed by atoms with van der Waals surface area (Å²) in [5.74, 6) is 1.78. The molecule has 1 aromatic heterocycles. The molecule has 8 heteroatoms. The van der Waals surface area contributed by atoms with Gasteiger partial charge in [-0.2, -0.15) is 0 Å². The summed E-state index contributed by atoms with van der Waals surface area (Å²) in [6, 6.07) is 9.77. The Bertz CT molecular complexity index is 903. The molecule has 0 saturated carbocycles. The van der Waals surface area contributed by atoms with Gasteiger partial charge in [0.1, 0.15) is 0 Å². The molecule has 2 amide bonds. The van der Waals surface area contributed by atoms with E-state index in [1.807, 2.05) is 34.5 Å². The minimum absolute atomic E-state index is 0.0394. The molecule has 0 atom stereocenters. The van der Waals surface area contributed by atoms with Crippen LogP contribution in [-0.4, -0.2) is 72.6 Å². The third kappa shape index (κ3) is 3.70. The molecule has 2 fully saturated rings. The number of rotatable bonds is 4. The molecular formula is C21H23N3O4S. The monoisotopic (exact) mass is 413 g/mol. The number of ether oxygens (including phenoxy) is 2. The molecule has 0 aliphatic carbocycles. The zero-order valence-electron chi connectivity index (χ0n) is 16.1. The lowest BCUT2D eigenvalue weighted by molar-refractivity contribution is -0.141. The van der Waals surface area contributed by atoms with Crippen molar-refractivity contribution in [2.75, 3.05) is 46.1 Å². The number of nitrogens with zero attached hydrogens (tertiary/aromatic N) is 3. The Morgan fingerprint density at radius 3 is 2.55 bits per heavy atom. The van der Waals surface area contributed by atoms with Crippen LogP contribution in [0.25, 0.3) is 0 Å². The van der Waals surface area contributed by atoms with Gasteiger partial charge in [-0.3, -0.25) is 14.5 Å². The molecule has 0 bridgehead atoms. The zero-order chi connectivity index (χ0) is 19.8. The number of carbonyl (C=O) groups is 2. The number of amides is 2. The van der Waals surface area contributed by atoms with Gasteiger partial charge in [-0.15, -0.1) is 11.3 Å². The predicted octanol–water partition coefficient (Wildman–Crippen LogP) is 1.89. The Morgan fingerprint density at radius 1 is 1.00 bits per heavy atom. The summed E-state index contributed by atoms with van der Waals surface area (Å²) in [4.78, 5) is 31.9. The van der Waals surface area contributed by atoms with Crippen molar-refractivity contribution in [2.45, 2.75) is 6.54 Å². The number of hydrogen-bond acceptors (Lipinski definition) is 6. The van der Waals surface area contributed by atoms with Crippen LogP contribution in [0.1, 0.15) is 15.2 Å². The molecule has 0 N–H and O–H groups in total. The molecule has 0 unspecified atom stereocenters. The van der Waals surface area contributed by atoms with E-state index in [1.54, 1.807) is 4.90 Å². The maximum atomic E-state index is 12.8. The molecule has 0 radical (unpaired) electrons. The van der Waals surface area contributed by atoms with Crippen molar-refractivity contribution in [3.05, 3.63) is 46.2 Å². The topological polar surface area (TPSA) is 62.3 Å². The first-order valence-electron chi connectivity index (χ1n) is 9.90. The highest BCUT2D eigenvalue weighted by atomic mass is 32.1. The lowest BCUT2D eigenvalue weighted by atomic mass is 9.97. The molecule has 3 aliphatic rings. The molecule has 2 aromatic rings. The number of thiophene rings is 1. The van der Waals surface area contributed by atoms with Crippen molar-refractivity contribution in [1.29, 1.82) is 0 Å². The number of carbonyl (C=O) groups excluding carboxylic acids is 2. The van der Waals surface area contributed by atoms with E-state index < -0.39 is 0 Å². The van der Waals surface area contributed by atoms with Crippen LogP contribution in [0.3, 0.4) is 0 Å².